The number of fused-ring (bicyclic) bond motifs is 1. The van der Waals surface area contributed by atoms with Crippen LogP contribution in [0.2, 0.25) is 0 Å². The van der Waals surface area contributed by atoms with Gasteiger partial charge in [0.15, 0.2) is 12.0 Å². The van der Waals surface area contributed by atoms with Crippen LogP contribution in [0.4, 0.5) is 5.82 Å². The number of hydrogen-bond donors (Lipinski definition) is 1. The summed E-state index contributed by atoms with van der Waals surface area (Å²) in [6.45, 7) is 6.06. The second-order valence-corrected chi connectivity index (χ2v) is 11.0. The van der Waals surface area contributed by atoms with E-state index in [-0.39, 0.29) is 12.3 Å². The standard InChI is InChI=1S/C28H33N7OS/c1-18(2)35-15-12-21(32-35)24-22(19-9-6-5-7-10-19)23-26(34-14-8-11-20(17-34)36-4)30-25(31-28(23)37-24)27-29-13-16-33(27)3/h5-7,9-10,12-13,15-16,18,20,27,29H,8,11,14,17H2,1-4H3. The lowest BCUT2D eigenvalue weighted by Gasteiger charge is -2.34. The first-order valence-corrected chi connectivity index (χ1v) is 13.7. The Labute approximate surface area is 221 Å². The fraction of sp³-hybridized carbons (Fsp3) is 0.393. The van der Waals surface area contributed by atoms with E-state index in [4.69, 9.17) is 19.8 Å². The van der Waals surface area contributed by atoms with E-state index in [0.29, 0.717) is 6.04 Å². The van der Waals surface area contributed by atoms with Crippen LogP contribution in [-0.4, -0.2) is 58.0 Å². The molecule has 2 aliphatic rings. The fourth-order valence-electron chi connectivity index (χ4n) is 5.19. The molecule has 3 aromatic heterocycles. The molecule has 9 heteroatoms. The minimum atomic E-state index is -0.1000. The number of ether oxygens (including phenoxy) is 1. The molecule has 2 aliphatic heterocycles. The number of piperidine rings is 1. The Kier molecular flexibility index (Phi) is 6.34. The predicted molar refractivity (Wildman–Crippen MR) is 149 cm³/mol. The third-order valence-corrected chi connectivity index (χ3v) is 8.32. The van der Waals surface area contributed by atoms with Crippen molar-refractivity contribution in [2.75, 3.05) is 32.1 Å². The Morgan fingerprint density at radius 2 is 1.97 bits per heavy atom. The van der Waals surface area contributed by atoms with E-state index in [1.54, 1.807) is 18.4 Å². The second-order valence-electron chi connectivity index (χ2n) is 10.0. The van der Waals surface area contributed by atoms with Crippen LogP contribution < -0.4 is 10.2 Å². The SMILES string of the molecule is COC1CCCN(c2nc(C3NC=CN3C)nc3sc(-c4ccn(C(C)C)n4)c(-c4ccccc4)c23)C1. The summed E-state index contributed by atoms with van der Waals surface area (Å²) in [7, 11) is 3.85. The van der Waals surface area contributed by atoms with Gasteiger partial charge in [-0.05, 0) is 38.3 Å². The maximum absolute atomic E-state index is 5.79. The van der Waals surface area contributed by atoms with E-state index < -0.39 is 0 Å². The summed E-state index contributed by atoms with van der Waals surface area (Å²) >= 11 is 1.70. The van der Waals surface area contributed by atoms with E-state index in [9.17, 15) is 0 Å². The summed E-state index contributed by atoms with van der Waals surface area (Å²) in [6.07, 6.45) is 8.26. The number of hydrogen-bond acceptors (Lipinski definition) is 8. The first-order chi connectivity index (χ1) is 18.0. The lowest BCUT2D eigenvalue weighted by Crippen LogP contribution is -2.40. The fourth-order valence-corrected chi connectivity index (χ4v) is 6.36. The molecule has 0 amide bonds. The van der Waals surface area contributed by atoms with Gasteiger partial charge in [-0.2, -0.15) is 5.10 Å². The minimum Gasteiger partial charge on any atom is -0.380 e. The third kappa shape index (κ3) is 4.36. The van der Waals surface area contributed by atoms with Crippen molar-refractivity contribution in [2.45, 2.75) is 45.0 Å². The summed E-state index contributed by atoms with van der Waals surface area (Å²) in [5.74, 6) is 1.75. The highest BCUT2D eigenvalue weighted by Gasteiger charge is 2.30. The molecule has 1 saturated heterocycles. The van der Waals surface area contributed by atoms with E-state index in [2.05, 4.69) is 71.6 Å². The van der Waals surface area contributed by atoms with Gasteiger partial charge in [0.25, 0.3) is 0 Å². The van der Waals surface area contributed by atoms with Crippen LogP contribution in [0.15, 0.2) is 55.0 Å². The van der Waals surface area contributed by atoms with Gasteiger partial charge in [0.05, 0.1) is 16.4 Å². The molecule has 2 atom stereocenters. The molecule has 8 nitrogen and oxygen atoms in total. The molecule has 0 bridgehead atoms. The van der Waals surface area contributed by atoms with Crippen molar-refractivity contribution in [3.8, 4) is 21.7 Å². The first kappa shape index (κ1) is 23.9. The van der Waals surface area contributed by atoms with Crippen LogP contribution in [-0.2, 0) is 4.74 Å². The number of aromatic nitrogens is 4. The van der Waals surface area contributed by atoms with Gasteiger partial charge < -0.3 is 19.9 Å². The van der Waals surface area contributed by atoms with Crippen LogP contribution >= 0.6 is 11.3 Å². The van der Waals surface area contributed by atoms with Gasteiger partial charge in [0.1, 0.15) is 16.3 Å². The smallest absolute Gasteiger partial charge is 0.175 e. The maximum atomic E-state index is 5.79. The van der Waals surface area contributed by atoms with Crippen molar-refractivity contribution >= 4 is 27.4 Å². The topological polar surface area (TPSA) is 71.3 Å². The second kappa shape index (κ2) is 9.79. The Morgan fingerprint density at radius 3 is 2.68 bits per heavy atom. The van der Waals surface area contributed by atoms with Gasteiger partial charge in [-0.3, -0.25) is 4.68 Å². The normalized spacial score (nSPS) is 19.8. The summed E-state index contributed by atoms with van der Waals surface area (Å²) < 4.78 is 7.81. The Balaban J connectivity index is 1.61. The van der Waals surface area contributed by atoms with Crippen molar-refractivity contribution < 1.29 is 4.74 Å². The molecule has 5 heterocycles. The number of thiophene rings is 1. The zero-order valence-electron chi connectivity index (χ0n) is 21.8. The van der Waals surface area contributed by atoms with E-state index >= 15 is 0 Å². The van der Waals surface area contributed by atoms with Crippen LogP contribution in [0, 0.1) is 0 Å². The third-order valence-electron chi connectivity index (χ3n) is 7.21. The molecule has 0 radical (unpaired) electrons. The van der Waals surface area contributed by atoms with Crippen molar-refractivity contribution in [1.29, 1.82) is 0 Å². The lowest BCUT2D eigenvalue weighted by molar-refractivity contribution is 0.0892. The predicted octanol–water partition coefficient (Wildman–Crippen LogP) is 5.42. The Morgan fingerprint density at radius 1 is 1.14 bits per heavy atom. The number of benzene rings is 1. The van der Waals surface area contributed by atoms with Gasteiger partial charge in [0, 0.05) is 57.4 Å². The molecule has 1 fully saturated rings. The zero-order chi connectivity index (χ0) is 25.5. The molecule has 6 rings (SSSR count). The molecular weight excluding hydrogens is 482 g/mol. The van der Waals surface area contributed by atoms with Crippen molar-refractivity contribution in [3.63, 3.8) is 0 Å². The van der Waals surface area contributed by atoms with Gasteiger partial charge in [-0.1, -0.05) is 30.3 Å². The van der Waals surface area contributed by atoms with Crippen molar-refractivity contribution in [3.05, 3.63) is 60.8 Å². The van der Waals surface area contributed by atoms with Crippen LogP contribution in [0.25, 0.3) is 31.9 Å². The van der Waals surface area contributed by atoms with E-state index in [1.165, 1.54) is 0 Å². The highest BCUT2D eigenvalue weighted by atomic mass is 32.1. The number of anilines is 1. The minimum absolute atomic E-state index is 0.1000. The van der Waals surface area contributed by atoms with Gasteiger partial charge >= 0.3 is 0 Å². The maximum Gasteiger partial charge on any atom is 0.175 e. The Hall–Kier alpha value is -3.43. The largest absolute Gasteiger partial charge is 0.380 e. The van der Waals surface area contributed by atoms with Crippen LogP contribution in [0.1, 0.15) is 44.7 Å². The molecule has 1 aromatic carbocycles. The molecular formula is C28H33N7OS. The molecule has 37 heavy (non-hydrogen) atoms. The average molecular weight is 516 g/mol. The quantitative estimate of drug-likeness (QED) is 0.367. The highest BCUT2D eigenvalue weighted by molar-refractivity contribution is 7.22. The van der Waals surface area contributed by atoms with Gasteiger partial charge in [-0.15, -0.1) is 11.3 Å². The van der Waals surface area contributed by atoms with Crippen LogP contribution in [0.3, 0.4) is 0 Å². The summed E-state index contributed by atoms with van der Waals surface area (Å²) in [6, 6.07) is 13.0. The number of nitrogens with one attached hydrogen (secondary N) is 1. The summed E-state index contributed by atoms with van der Waals surface area (Å²) in [5, 5.41) is 9.46. The molecule has 1 N–H and O–H groups in total. The van der Waals surface area contributed by atoms with Crippen molar-refractivity contribution in [1.82, 2.24) is 30.0 Å². The molecule has 2 unspecified atom stereocenters. The summed E-state index contributed by atoms with van der Waals surface area (Å²) in [4.78, 5) is 17.0. The van der Waals surface area contributed by atoms with Gasteiger partial charge in [-0.25, -0.2) is 9.97 Å². The number of nitrogens with zero attached hydrogens (tertiary/aromatic N) is 6. The molecule has 0 aliphatic carbocycles. The summed E-state index contributed by atoms with van der Waals surface area (Å²) in [5.41, 5.74) is 3.27. The van der Waals surface area contributed by atoms with E-state index in [1.807, 2.05) is 24.1 Å². The van der Waals surface area contributed by atoms with Crippen LogP contribution in [0.5, 0.6) is 0 Å². The monoisotopic (exact) mass is 515 g/mol. The van der Waals surface area contributed by atoms with Crippen molar-refractivity contribution in [2.24, 2.45) is 0 Å². The zero-order valence-corrected chi connectivity index (χ0v) is 22.6. The molecule has 4 aromatic rings. The molecule has 192 valence electrons. The Bertz CT molecular complexity index is 1430. The van der Waals surface area contributed by atoms with E-state index in [0.717, 1.165) is 69.5 Å². The van der Waals surface area contributed by atoms with Gasteiger partial charge in [0.2, 0.25) is 0 Å². The number of rotatable bonds is 6. The number of methoxy groups -OCH3 is 1. The molecule has 0 saturated carbocycles. The lowest BCUT2D eigenvalue weighted by atomic mass is 10.0. The first-order valence-electron chi connectivity index (χ1n) is 12.9. The molecule has 0 spiro atoms. The average Bonchev–Trinajstić information content (AvgIpc) is 3.66. The highest BCUT2D eigenvalue weighted by Crippen LogP contribution is 2.47.